The third kappa shape index (κ3) is 3.55. The van der Waals surface area contributed by atoms with Gasteiger partial charge in [-0.15, -0.1) is 0 Å². The molecule has 5 nitrogen and oxygen atoms in total. The first kappa shape index (κ1) is 22.8. The summed E-state index contributed by atoms with van der Waals surface area (Å²) in [5.41, 5.74) is 0.829. The summed E-state index contributed by atoms with van der Waals surface area (Å²) < 4.78 is 44.0. The molecule has 9 heteroatoms. The van der Waals surface area contributed by atoms with E-state index in [0.717, 1.165) is 42.2 Å². The number of likely N-dealkylation sites (tertiary alicyclic amines) is 1. The fourth-order valence-electron chi connectivity index (χ4n) is 6.47. The van der Waals surface area contributed by atoms with Crippen molar-refractivity contribution in [3.8, 4) is 11.3 Å². The van der Waals surface area contributed by atoms with Crippen molar-refractivity contribution in [2.45, 2.75) is 64.1 Å². The van der Waals surface area contributed by atoms with Crippen LogP contribution in [-0.4, -0.2) is 38.0 Å². The molecule has 1 saturated heterocycles. The highest BCUT2D eigenvalue weighted by molar-refractivity contribution is 6.36. The van der Waals surface area contributed by atoms with Crippen LogP contribution in [0, 0.1) is 11.8 Å². The number of amides is 1. The van der Waals surface area contributed by atoms with Crippen molar-refractivity contribution in [2.24, 2.45) is 11.8 Å². The molecular formula is C26H26ClF3N4O. The minimum Gasteiger partial charge on any atom is -0.334 e. The Morgan fingerprint density at radius 1 is 1.11 bits per heavy atom. The van der Waals surface area contributed by atoms with Crippen LogP contribution in [0.4, 0.5) is 13.2 Å². The molecule has 1 amide bonds. The average molecular weight is 503 g/mol. The van der Waals surface area contributed by atoms with Crippen molar-refractivity contribution in [3.05, 3.63) is 51.8 Å². The van der Waals surface area contributed by atoms with E-state index in [1.165, 1.54) is 0 Å². The zero-order valence-corrected chi connectivity index (χ0v) is 20.2. The molecule has 35 heavy (non-hydrogen) atoms. The van der Waals surface area contributed by atoms with E-state index in [9.17, 15) is 18.0 Å². The molecule has 3 aliphatic rings. The summed E-state index contributed by atoms with van der Waals surface area (Å²) in [5.74, 6) is 0.534. The normalized spacial score (nSPS) is 24.1. The van der Waals surface area contributed by atoms with Gasteiger partial charge in [0.15, 0.2) is 17.0 Å². The van der Waals surface area contributed by atoms with Crippen molar-refractivity contribution in [1.29, 1.82) is 0 Å². The number of nitrogens with zero attached hydrogens (tertiary/aromatic N) is 4. The lowest BCUT2D eigenvalue weighted by molar-refractivity contribution is -0.143. The maximum Gasteiger partial charge on any atom is 0.433 e. The predicted molar refractivity (Wildman–Crippen MR) is 126 cm³/mol. The van der Waals surface area contributed by atoms with Gasteiger partial charge in [0.2, 0.25) is 0 Å². The second-order valence-electron chi connectivity index (χ2n) is 10.1. The highest BCUT2D eigenvalue weighted by Crippen LogP contribution is 2.43. The van der Waals surface area contributed by atoms with Gasteiger partial charge in [0.05, 0.1) is 5.69 Å². The van der Waals surface area contributed by atoms with E-state index in [1.807, 2.05) is 12.1 Å². The molecule has 1 aliphatic heterocycles. The minimum absolute atomic E-state index is 0.0796. The Hall–Kier alpha value is -2.61. The van der Waals surface area contributed by atoms with Crippen molar-refractivity contribution >= 4 is 23.2 Å². The molecule has 6 rings (SSSR count). The third-order valence-corrected chi connectivity index (χ3v) is 8.54. The van der Waals surface area contributed by atoms with E-state index in [-0.39, 0.29) is 40.1 Å². The number of hydrogen-bond donors (Lipinski definition) is 0. The Bertz CT molecular complexity index is 1330. The van der Waals surface area contributed by atoms with Gasteiger partial charge in [-0.3, -0.25) is 4.79 Å². The van der Waals surface area contributed by atoms with Crippen LogP contribution in [0.1, 0.15) is 66.3 Å². The summed E-state index contributed by atoms with van der Waals surface area (Å²) >= 11 is 6.61. The number of rotatable bonds is 1. The first-order chi connectivity index (χ1) is 16.8. The van der Waals surface area contributed by atoms with Gasteiger partial charge in [0, 0.05) is 23.7 Å². The number of halogens is 4. The van der Waals surface area contributed by atoms with Crippen LogP contribution in [0.15, 0.2) is 24.3 Å². The number of carbonyl (C=O) groups is 1. The molecule has 184 valence electrons. The van der Waals surface area contributed by atoms with Crippen LogP contribution in [0.5, 0.6) is 0 Å². The molecule has 0 bridgehead atoms. The summed E-state index contributed by atoms with van der Waals surface area (Å²) in [4.78, 5) is 20.1. The van der Waals surface area contributed by atoms with Gasteiger partial charge in [-0.1, -0.05) is 55.6 Å². The molecule has 0 N–H and O–H groups in total. The monoisotopic (exact) mass is 502 g/mol. The average Bonchev–Trinajstić information content (AvgIpc) is 3.17. The SMILES string of the molecule is C[C@H]1CCN(C(=O)c2nn3c(C(F)(F)F)c4c(nc3c2Cl)-c2ccccc2CC4)[C@@H]2CCCC[C@@H]21. The second kappa shape index (κ2) is 8.22. The van der Waals surface area contributed by atoms with E-state index in [0.29, 0.717) is 30.4 Å². The zero-order chi connectivity index (χ0) is 24.5. The minimum atomic E-state index is -4.68. The smallest absolute Gasteiger partial charge is 0.334 e. The lowest BCUT2D eigenvalue weighted by Crippen LogP contribution is -2.52. The Morgan fingerprint density at radius 3 is 2.69 bits per heavy atom. The number of piperidine rings is 1. The largest absolute Gasteiger partial charge is 0.433 e. The Balaban J connectivity index is 1.51. The molecule has 2 aliphatic carbocycles. The van der Waals surface area contributed by atoms with E-state index >= 15 is 0 Å². The predicted octanol–water partition coefficient (Wildman–Crippen LogP) is 6.21. The molecule has 1 aromatic carbocycles. The molecule has 3 heterocycles. The van der Waals surface area contributed by atoms with Gasteiger partial charge < -0.3 is 4.90 Å². The lowest BCUT2D eigenvalue weighted by Gasteiger charge is -2.47. The van der Waals surface area contributed by atoms with Crippen molar-refractivity contribution < 1.29 is 18.0 Å². The zero-order valence-electron chi connectivity index (χ0n) is 19.4. The summed E-state index contributed by atoms with van der Waals surface area (Å²) in [6, 6.07) is 7.43. The van der Waals surface area contributed by atoms with Crippen LogP contribution >= 0.6 is 11.6 Å². The van der Waals surface area contributed by atoms with Crippen molar-refractivity contribution in [2.75, 3.05) is 6.54 Å². The Kier molecular flexibility index (Phi) is 5.36. The van der Waals surface area contributed by atoms with Crippen LogP contribution in [0.25, 0.3) is 16.9 Å². The molecule has 2 aromatic heterocycles. The Labute approximate surface area is 206 Å². The first-order valence-corrected chi connectivity index (χ1v) is 12.7. The molecular weight excluding hydrogens is 477 g/mol. The summed E-state index contributed by atoms with van der Waals surface area (Å²) in [6.07, 6.45) is 1.03. The van der Waals surface area contributed by atoms with Gasteiger partial charge in [0.25, 0.3) is 5.91 Å². The van der Waals surface area contributed by atoms with Crippen molar-refractivity contribution in [3.63, 3.8) is 0 Å². The quantitative estimate of drug-likeness (QED) is 0.397. The van der Waals surface area contributed by atoms with Gasteiger partial charge in [-0.05, 0) is 49.5 Å². The summed E-state index contributed by atoms with van der Waals surface area (Å²) in [7, 11) is 0. The fraction of sp³-hybridized carbons (Fsp3) is 0.500. The topological polar surface area (TPSA) is 50.5 Å². The lowest BCUT2D eigenvalue weighted by atomic mass is 9.72. The molecule has 3 atom stereocenters. The van der Waals surface area contributed by atoms with E-state index in [1.54, 1.807) is 17.0 Å². The van der Waals surface area contributed by atoms with Crippen LogP contribution in [-0.2, 0) is 19.0 Å². The number of benzene rings is 1. The molecule has 2 fully saturated rings. The second-order valence-corrected chi connectivity index (χ2v) is 10.5. The molecule has 3 aromatic rings. The van der Waals surface area contributed by atoms with Gasteiger partial charge in [-0.25, -0.2) is 9.50 Å². The number of fused-ring (bicyclic) bond motifs is 5. The number of alkyl halides is 3. The highest BCUT2D eigenvalue weighted by Gasteiger charge is 2.43. The number of carbonyl (C=O) groups excluding carboxylic acids is 1. The number of hydrogen-bond acceptors (Lipinski definition) is 3. The van der Waals surface area contributed by atoms with E-state index < -0.39 is 17.8 Å². The van der Waals surface area contributed by atoms with Gasteiger partial charge >= 0.3 is 6.18 Å². The molecule has 0 unspecified atom stereocenters. The molecule has 0 radical (unpaired) electrons. The first-order valence-electron chi connectivity index (χ1n) is 12.3. The molecule has 1 saturated carbocycles. The van der Waals surface area contributed by atoms with Crippen LogP contribution in [0.2, 0.25) is 5.02 Å². The fourth-order valence-corrected chi connectivity index (χ4v) is 6.71. The maximum absolute atomic E-state index is 14.4. The van der Waals surface area contributed by atoms with Crippen molar-refractivity contribution in [1.82, 2.24) is 19.5 Å². The summed E-state index contributed by atoms with van der Waals surface area (Å²) in [6.45, 7) is 2.79. The van der Waals surface area contributed by atoms with Gasteiger partial charge in [-0.2, -0.15) is 18.3 Å². The third-order valence-electron chi connectivity index (χ3n) is 8.19. The molecule has 0 spiro atoms. The Morgan fingerprint density at radius 2 is 1.89 bits per heavy atom. The number of aromatic nitrogens is 3. The van der Waals surface area contributed by atoms with Crippen LogP contribution in [0.3, 0.4) is 0 Å². The van der Waals surface area contributed by atoms with Crippen LogP contribution < -0.4 is 0 Å². The highest BCUT2D eigenvalue weighted by atomic mass is 35.5. The number of aryl methyl sites for hydroxylation is 1. The van der Waals surface area contributed by atoms with E-state index in [2.05, 4.69) is 17.0 Å². The van der Waals surface area contributed by atoms with E-state index in [4.69, 9.17) is 11.6 Å². The standard InChI is InChI=1S/C26H26ClF3N4O/c1-14-12-13-33(19-9-5-4-7-16(14)19)25(35)22-20(27)24-31-21-17-8-3-2-6-15(17)10-11-18(21)23(26(28,29)30)34(24)32-22/h2-3,6,8,14,16,19H,4-5,7,9-13H2,1H3/t14-,16+,19+/m0/s1. The van der Waals surface area contributed by atoms with Gasteiger partial charge in [0.1, 0.15) is 5.02 Å². The summed E-state index contributed by atoms with van der Waals surface area (Å²) in [5, 5.41) is 4.07. The maximum atomic E-state index is 14.4.